The van der Waals surface area contributed by atoms with E-state index in [-0.39, 0.29) is 17.9 Å². The lowest BCUT2D eigenvalue weighted by Gasteiger charge is -2.42. The Bertz CT molecular complexity index is 562. The lowest BCUT2D eigenvalue weighted by molar-refractivity contribution is -0.135. The van der Waals surface area contributed by atoms with Gasteiger partial charge in [-0.1, -0.05) is 37.3 Å². The summed E-state index contributed by atoms with van der Waals surface area (Å²) in [6, 6.07) is 10.4. The van der Waals surface area contributed by atoms with Gasteiger partial charge in [0.15, 0.2) is 0 Å². The maximum Gasteiger partial charge on any atom is 0.236 e. The van der Waals surface area contributed by atoms with E-state index in [0.717, 1.165) is 65.1 Å². The quantitative estimate of drug-likeness (QED) is 0.836. The molecule has 0 radical (unpaired) electrons. The zero-order valence-electron chi connectivity index (χ0n) is 16.1. The average Bonchev–Trinajstić information content (AvgIpc) is 2.70. The van der Waals surface area contributed by atoms with Crippen molar-refractivity contribution in [3.8, 4) is 0 Å². The Hall–Kier alpha value is -1.43. The molecule has 1 aromatic rings. The highest BCUT2D eigenvalue weighted by molar-refractivity contribution is 5.78. The number of nitrogens with zero attached hydrogens (tertiary/aromatic N) is 3. The molecule has 0 unspecified atom stereocenters. The minimum atomic E-state index is -0.0785. The number of carbonyl (C=O) groups excluding carboxylic acids is 1. The fraction of sp³-hybridized carbons (Fsp3) is 0.667. The number of rotatable bonds is 6. The van der Waals surface area contributed by atoms with Crippen LogP contribution in [0.15, 0.2) is 30.3 Å². The standard InChI is InChI=1S/C21H33N3O2/c1-2-22-12-14-23(15-13-22)17-20(26)24-10-8-21(18-25,9-11-24)16-19-6-4-3-5-7-19/h3-7,25H,2,8-18H2,1H3. The molecular weight excluding hydrogens is 326 g/mol. The summed E-state index contributed by atoms with van der Waals surface area (Å²) in [5.74, 6) is 0.251. The van der Waals surface area contributed by atoms with Crippen LogP contribution in [0.5, 0.6) is 0 Å². The lowest BCUT2D eigenvalue weighted by Crippen LogP contribution is -2.52. The maximum absolute atomic E-state index is 12.7. The number of hydrogen-bond acceptors (Lipinski definition) is 4. The first kappa shape index (κ1) is 19.3. The Labute approximate surface area is 157 Å². The summed E-state index contributed by atoms with van der Waals surface area (Å²) in [7, 11) is 0. The second-order valence-electron chi connectivity index (χ2n) is 7.91. The predicted octanol–water partition coefficient (Wildman–Crippen LogP) is 1.47. The molecule has 1 amide bonds. The highest BCUT2D eigenvalue weighted by Gasteiger charge is 2.35. The van der Waals surface area contributed by atoms with E-state index in [1.54, 1.807) is 0 Å². The molecule has 0 spiro atoms. The summed E-state index contributed by atoms with van der Waals surface area (Å²) in [4.78, 5) is 19.4. The van der Waals surface area contributed by atoms with Gasteiger partial charge in [0, 0.05) is 51.3 Å². The van der Waals surface area contributed by atoms with Crippen molar-refractivity contribution in [2.45, 2.75) is 26.2 Å². The number of hydrogen-bond donors (Lipinski definition) is 1. The van der Waals surface area contributed by atoms with Gasteiger partial charge in [0.25, 0.3) is 0 Å². The molecule has 0 atom stereocenters. The first-order chi connectivity index (χ1) is 12.6. The van der Waals surface area contributed by atoms with Crippen molar-refractivity contribution >= 4 is 5.91 Å². The molecule has 1 aromatic carbocycles. The van der Waals surface area contributed by atoms with Crippen molar-refractivity contribution in [1.29, 1.82) is 0 Å². The van der Waals surface area contributed by atoms with Crippen LogP contribution >= 0.6 is 0 Å². The lowest BCUT2D eigenvalue weighted by atomic mass is 9.74. The molecule has 2 fully saturated rings. The molecule has 3 rings (SSSR count). The summed E-state index contributed by atoms with van der Waals surface area (Å²) in [6.45, 7) is 9.66. The van der Waals surface area contributed by atoms with Gasteiger partial charge in [0.2, 0.25) is 5.91 Å². The predicted molar refractivity (Wildman–Crippen MR) is 104 cm³/mol. The zero-order valence-corrected chi connectivity index (χ0v) is 16.1. The van der Waals surface area contributed by atoms with Gasteiger partial charge in [-0.3, -0.25) is 9.69 Å². The maximum atomic E-state index is 12.7. The molecule has 2 heterocycles. The molecule has 5 heteroatoms. The topological polar surface area (TPSA) is 47.0 Å². The number of aliphatic hydroxyl groups is 1. The molecule has 5 nitrogen and oxygen atoms in total. The third-order valence-corrected chi connectivity index (χ3v) is 6.21. The van der Waals surface area contributed by atoms with Crippen molar-refractivity contribution in [3.63, 3.8) is 0 Å². The van der Waals surface area contributed by atoms with E-state index in [2.05, 4.69) is 41.0 Å². The van der Waals surface area contributed by atoms with Crippen LogP contribution in [0.3, 0.4) is 0 Å². The first-order valence-electron chi connectivity index (χ1n) is 10.0. The van der Waals surface area contributed by atoms with Crippen molar-refractivity contribution in [2.75, 3.05) is 59.0 Å². The number of piperidine rings is 1. The van der Waals surface area contributed by atoms with Crippen molar-refractivity contribution in [2.24, 2.45) is 5.41 Å². The summed E-state index contributed by atoms with van der Waals surface area (Å²) < 4.78 is 0. The fourth-order valence-corrected chi connectivity index (χ4v) is 4.21. The van der Waals surface area contributed by atoms with E-state index < -0.39 is 0 Å². The number of aliphatic hydroxyl groups excluding tert-OH is 1. The Morgan fingerprint density at radius 3 is 2.19 bits per heavy atom. The molecule has 26 heavy (non-hydrogen) atoms. The molecule has 2 aliphatic heterocycles. The second-order valence-corrected chi connectivity index (χ2v) is 7.91. The van der Waals surface area contributed by atoms with Gasteiger partial charge in [-0.15, -0.1) is 0 Å². The molecule has 1 N–H and O–H groups in total. The third-order valence-electron chi connectivity index (χ3n) is 6.21. The van der Waals surface area contributed by atoms with E-state index in [9.17, 15) is 9.90 Å². The van der Waals surface area contributed by atoms with Gasteiger partial charge in [-0.05, 0) is 31.4 Å². The molecule has 0 aliphatic carbocycles. The van der Waals surface area contributed by atoms with E-state index in [1.807, 2.05) is 11.0 Å². The number of carbonyl (C=O) groups is 1. The van der Waals surface area contributed by atoms with E-state index in [4.69, 9.17) is 0 Å². The van der Waals surface area contributed by atoms with E-state index >= 15 is 0 Å². The SMILES string of the molecule is CCN1CCN(CC(=O)N2CCC(CO)(Cc3ccccc3)CC2)CC1. The van der Waals surface area contributed by atoms with Crippen LogP contribution in [0.1, 0.15) is 25.3 Å². The molecule has 2 saturated heterocycles. The average molecular weight is 360 g/mol. The van der Waals surface area contributed by atoms with E-state index in [1.165, 1.54) is 5.56 Å². The fourth-order valence-electron chi connectivity index (χ4n) is 4.21. The molecule has 144 valence electrons. The van der Waals surface area contributed by atoms with Crippen LogP contribution in [-0.4, -0.2) is 84.7 Å². The van der Waals surface area contributed by atoms with Gasteiger partial charge in [0.05, 0.1) is 6.54 Å². The molecular formula is C21H33N3O2. The van der Waals surface area contributed by atoms with Gasteiger partial charge in [-0.25, -0.2) is 0 Å². The molecule has 0 aromatic heterocycles. The summed E-state index contributed by atoms with van der Waals surface area (Å²) in [6.07, 6.45) is 2.66. The number of benzene rings is 1. The van der Waals surface area contributed by atoms with Crippen LogP contribution in [0.25, 0.3) is 0 Å². The van der Waals surface area contributed by atoms with Crippen LogP contribution in [-0.2, 0) is 11.2 Å². The third kappa shape index (κ3) is 4.84. The Morgan fingerprint density at radius 1 is 1.00 bits per heavy atom. The summed E-state index contributed by atoms with van der Waals surface area (Å²) >= 11 is 0. The molecule has 0 bridgehead atoms. The number of piperazine rings is 1. The normalized spacial score (nSPS) is 21.7. The molecule has 0 saturated carbocycles. The number of likely N-dealkylation sites (tertiary alicyclic amines) is 1. The minimum Gasteiger partial charge on any atom is -0.396 e. The molecule has 2 aliphatic rings. The number of amides is 1. The first-order valence-corrected chi connectivity index (χ1v) is 10.0. The number of likely N-dealkylation sites (N-methyl/N-ethyl adjacent to an activating group) is 1. The summed E-state index contributed by atoms with van der Waals surface area (Å²) in [5.41, 5.74) is 1.19. The largest absolute Gasteiger partial charge is 0.396 e. The van der Waals surface area contributed by atoms with Crippen molar-refractivity contribution in [1.82, 2.24) is 14.7 Å². The van der Waals surface area contributed by atoms with Gasteiger partial charge in [0.1, 0.15) is 0 Å². The van der Waals surface area contributed by atoms with E-state index in [0.29, 0.717) is 6.54 Å². The highest BCUT2D eigenvalue weighted by atomic mass is 16.3. The summed E-state index contributed by atoms with van der Waals surface area (Å²) in [5, 5.41) is 10.0. The Morgan fingerprint density at radius 2 is 1.62 bits per heavy atom. The highest BCUT2D eigenvalue weighted by Crippen LogP contribution is 2.34. The van der Waals surface area contributed by atoms with Gasteiger partial charge in [-0.2, -0.15) is 0 Å². The Balaban J connectivity index is 1.48. The minimum absolute atomic E-state index is 0.0785. The Kier molecular flexibility index (Phi) is 6.68. The van der Waals surface area contributed by atoms with Crippen LogP contribution in [0.4, 0.5) is 0 Å². The second kappa shape index (κ2) is 8.98. The van der Waals surface area contributed by atoms with Crippen molar-refractivity contribution < 1.29 is 9.90 Å². The monoisotopic (exact) mass is 359 g/mol. The van der Waals surface area contributed by atoms with Gasteiger partial charge >= 0.3 is 0 Å². The van der Waals surface area contributed by atoms with Crippen LogP contribution in [0.2, 0.25) is 0 Å². The van der Waals surface area contributed by atoms with Crippen molar-refractivity contribution in [3.05, 3.63) is 35.9 Å². The van der Waals surface area contributed by atoms with Gasteiger partial charge < -0.3 is 14.9 Å². The zero-order chi connectivity index (χ0) is 18.4. The smallest absolute Gasteiger partial charge is 0.236 e. The van der Waals surface area contributed by atoms with Crippen LogP contribution < -0.4 is 0 Å². The van der Waals surface area contributed by atoms with Crippen LogP contribution in [0, 0.1) is 5.41 Å².